The largest absolute Gasteiger partial charge is 0.381 e. The lowest BCUT2D eigenvalue weighted by molar-refractivity contribution is -0.0217. The van der Waals surface area contributed by atoms with Crippen LogP contribution in [0.1, 0.15) is 5.69 Å². The molecular formula is C7H11N3O. The Balaban J connectivity index is 2.35. The van der Waals surface area contributed by atoms with Crippen LogP contribution in [0.2, 0.25) is 0 Å². The van der Waals surface area contributed by atoms with Crippen LogP contribution in [0, 0.1) is 0 Å². The van der Waals surface area contributed by atoms with Gasteiger partial charge in [0.1, 0.15) is 5.60 Å². The fourth-order valence-electron chi connectivity index (χ4n) is 1.37. The number of aliphatic hydroxyl groups is 1. The standard InChI is InChI=1S/C7H11N3O/c1-10-6(2-3-9-10)7(11)4-8-5-7/h2-3,8,11H,4-5H2,1H3. The predicted molar refractivity (Wildman–Crippen MR) is 40.0 cm³/mol. The van der Waals surface area contributed by atoms with Gasteiger partial charge in [-0.05, 0) is 6.07 Å². The molecule has 4 heteroatoms. The molecular weight excluding hydrogens is 142 g/mol. The first-order valence-electron chi connectivity index (χ1n) is 3.64. The van der Waals surface area contributed by atoms with Gasteiger partial charge in [0.25, 0.3) is 0 Å². The van der Waals surface area contributed by atoms with Crippen LogP contribution >= 0.6 is 0 Å². The average molecular weight is 153 g/mol. The smallest absolute Gasteiger partial charge is 0.131 e. The highest BCUT2D eigenvalue weighted by Gasteiger charge is 2.38. The van der Waals surface area contributed by atoms with Crippen LogP contribution in [0.3, 0.4) is 0 Å². The first kappa shape index (κ1) is 6.82. The van der Waals surface area contributed by atoms with E-state index < -0.39 is 5.60 Å². The number of rotatable bonds is 1. The van der Waals surface area contributed by atoms with Crippen LogP contribution in [0.4, 0.5) is 0 Å². The molecule has 2 heterocycles. The normalized spacial score (nSPS) is 21.3. The Labute approximate surface area is 64.8 Å². The Morgan fingerprint density at radius 3 is 2.82 bits per heavy atom. The molecule has 0 aliphatic carbocycles. The Morgan fingerprint density at radius 1 is 1.73 bits per heavy atom. The molecule has 0 aromatic carbocycles. The van der Waals surface area contributed by atoms with Crippen LogP contribution in [0.5, 0.6) is 0 Å². The maximum absolute atomic E-state index is 9.83. The van der Waals surface area contributed by atoms with Gasteiger partial charge in [-0.1, -0.05) is 0 Å². The van der Waals surface area contributed by atoms with E-state index in [9.17, 15) is 5.11 Å². The Bertz CT molecular complexity index is 264. The molecule has 2 N–H and O–H groups in total. The van der Waals surface area contributed by atoms with E-state index in [1.165, 1.54) is 0 Å². The Kier molecular flexibility index (Phi) is 1.27. The fourth-order valence-corrected chi connectivity index (χ4v) is 1.37. The van der Waals surface area contributed by atoms with E-state index in [2.05, 4.69) is 10.4 Å². The van der Waals surface area contributed by atoms with Crippen LogP contribution in [0.25, 0.3) is 0 Å². The summed E-state index contributed by atoms with van der Waals surface area (Å²) >= 11 is 0. The van der Waals surface area contributed by atoms with Gasteiger partial charge in [-0.15, -0.1) is 0 Å². The van der Waals surface area contributed by atoms with Crippen molar-refractivity contribution in [3.05, 3.63) is 18.0 Å². The highest BCUT2D eigenvalue weighted by molar-refractivity contribution is 5.16. The average Bonchev–Trinajstić information content (AvgIpc) is 2.30. The summed E-state index contributed by atoms with van der Waals surface area (Å²) in [7, 11) is 1.84. The lowest BCUT2D eigenvalue weighted by Crippen LogP contribution is -2.57. The fraction of sp³-hybridized carbons (Fsp3) is 0.571. The summed E-state index contributed by atoms with van der Waals surface area (Å²) in [6.45, 7) is 1.26. The SMILES string of the molecule is Cn1nccc1C1(O)CNC1. The van der Waals surface area contributed by atoms with Crippen molar-refractivity contribution in [1.82, 2.24) is 15.1 Å². The molecule has 60 valence electrons. The van der Waals surface area contributed by atoms with Gasteiger partial charge in [-0.25, -0.2) is 0 Å². The van der Waals surface area contributed by atoms with Crippen LogP contribution in [-0.4, -0.2) is 28.0 Å². The summed E-state index contributed by atoms with van der Waals surface area (Å²) in [6, 6.07) is 1.85. The predicted octanol–water partition coefficient (Wildman–Crippen LogP) is -0.789. The topological polar surface area (TPSA) is 50.1 Å². The molecule has 1 fully saturated rings. The second kappa shape index (κ2) is 2.06. The zero-order valence-electron chi connectivity index (χ0n) is 6.41. The first-order chi connectivity index (χ1) is 5.22. The van der Waals surface area contributed by atoms with E-state index in [-0.39, 0.29) is 0 Å². The number of aryl methyl sites for hydroxylation is 1. The molecule has 4 nitrogen and oxygen atoms in total. The Morgan fingerprint density at radius 2 is 2.45 bits per heavy atom. The van der Waals surface area contributed by atoms with Crippen molar-refractivity contribution in [2.45, 2.75) is 5.60 Å². The monoisotopic (exact) mass is 153 g/mol. The lowest BCUT2D eigenvalue weighted by Gasteiger charge is -2.37. The zero-order chi connectivity index (χ0) is 7.90. The van der Waals surface area contributed by atoms with Crippen LogP contribution in [-0.2, 0) is 12.6 Å². The molecule has 1 aliphatic heterocycles. The maximum Gasteiger partial charge on any atom is 0.131 e. The van der Waals surface area contributed by atoms with E-state index in [1.807, 2.05) is 13.1 Å². The van der Waals surface area contributed by atoms with Crippen molar-refractivity contribution in [2.24, 2.45) is 7.05 Å². The minimum absolute atomic E-state index is 0.631. The first-order valence-corrected chi connectivity index (χ1v) is 3.64. The number of aromatic nitrogens is 2. The molecule has 1 aromatic rings. The third-order valence-corrected chi connectivity index (χ3v) is 2.13. The molecule has 1 aliphatic rings. The summed E-state index contributed by atoms with van der Waals surface area (Å²) in [5.74, 6) is 0. The van der Waals surface area contributed by atoms with Gasteiger partial charge >= 0.3 is 0 Å². The van der Waals surface area contributed by atoms with E-state index in [1.54, 1.807) is 10.9 Å². The number of nitrogens with zero attached hydrogens (tertiary/aromatic N) is 2. The summed E-state index contributed by atoms with van der Waals surface area (Å²) in [5.41, 5.74) is 0.210. The lowest BCUT2D eigenvalue weighted by atomic mass is 9.93. The molecule has 11 heavy (non-hydrogen) atoms. The molecule has 1 saturated heterocycles. The van der Waals surface area contributed by atoms with Gasteiger partial charge in [0.2, 0.25) is 0 Å². The molecule has 0 saturated carbocycles. The number of hydrogen-bond acceptors (Lipinski definition) is 3. The second-order valence-corrected chi connectivity index (χ2v) is 2.98. The van der Waals surface area contributed by atoms with Gasteiger partial charge in [-0.2, -0.15) is 5.10 Å². The van der Waals surface area contributed by atoms with E-state index >= 15 is 0 Å². The highest BCUT2D eigenvalue weighted by Crippen LogP contribution is 2.23. The molecule has 0 amide bonds. The summed E-state index contributed by atoms with van der Waals surface area (Å²) in [5, 5.41) is 16.8. The molecule has 0 radical (unpaired) electrons. The van der Waals surface area contributed by atoms with Crippen LogP contribution < -0.4 is 5.32 Å². The molecule has 1 aromatic heterocycles. The number of β-amino-alcohol motifs (C(OH)–C–C–N with tert-alkyl or cyclic N) is 1. The highest BCUT2D eigenvalue weighted by atomic mass is 16.3. The molecule has 2 rings (SSSR count). The van der Waals surface area contributed by atoms with E-state index in [0.717, 1.165) is 5.69 Å². The van der Waals surface area contributed by atoms with Crippen molar-refractivity contribution in [3.63, 3.8) is 0 Å². The second-order valence-electron chi connectivity index (χ2n) is 2.98. The van der Waals surface area contributed by atoms with Crippen molar-refractivity contribution < 1.29 is 5.11 Å². The minimum Gasteiger partial charge on any atom is -0.381 e. The summed E-state index contributed by atoms with van der Waals surface area (Å²) in [6.07, 6.45) is 1.70. The Hall–Kier alpha value is -0.870. The summed E-state index contributed by atoms with van der Waals surface area (Å²) in [4.78, 5) is 0. The van der Waals surface area contributed by atoms with Crippen molar-refractivity contribution >= 4 is 0 Å². The summed E-state index contributed by atoms with van der Waals surface area (Å²) < 4.78 is 1.71. The minimum atomic E-state index is -0.675. The molecule has 0 unspecified atom stereocenters. The third kappa shape index (κ3) is 0.868. The molecule has 0 spiro atoms. The molecule has 0 atom stereocenters. The van der Waals surface area contributed by atoms with E-state index in [0.29, 0.717) is 13.1 Å². The maximum atomic E-state index is 9.83. The van der Waals surface area contributed by atoms with Crippen LogP contribution in [0.15, 0.2) is 12.3 Å². The van der Waals surface area contributed by atoms with Crippen molar-refractivity contribution in [3.8, 4) is 0 Å². The van der Waals surface area contributed by atoms with Gasteiger partial charge < -0.3 is 10.4 Å². The van der Waals surface area contributed by atoms with Gasteiger partial charge in [0, 0.05) is 26.3 Å². The van der Waals surface area contributed by atoms with Gasteiger partial charge in [0.05, 0.1) is 5.69 Å². The number of hydrogen-bond donors (Lipinski definition) is 2. The van der Waals surface area contributed by atoms with Crippen molar-refractivity contribution in [2.75, 3.05) is 13.1 Å². The van der Waals surface area contributed by atoms with E-state index in [4.69, 9.17) is 0 Å². The third-order valence-electron chi connectivity index (χ3n) is 2.13. The quantitative estimate of drug-likeness (QED) is 0.556. The van der Waals surface area contributed by atoms with Gasteiger partial charge in [0.15, 0.2) is 0 Å². The zero-order valence-corrected chi connectivity index (χ0v) is 6.41. The molecule has 0 bridgehead atoms. The number of nitrogens with one attached hydrogen (secondary N) is 1. The van der Waals surface area contributed by atoms with Gasteiger partial charge in [-0.3, -0.25) is 4.68 Å². The van der Waals surface area contributed by atoms with Crippen molar-refractivity contribution in [1.29, 1.82) is 0 Å².